The lowest BCUT2D eigenvalue weighted by Gasteiger charge is -2.14. The molecule has 0 aliphatic carbocycles. The molecule has 3 N–H and O–H groups in total. The summed E-state index contributed by atoms with van der Waals surface area (Å²) in [7, 11) is 1.76. The molecular formula is C17H25ClN4O. The van der Waals surface area contributed by atoms with E-state index in [1.807, 2.05) is 19.1 Å². The van der Waals surface area contributed by atoms with Gasteiger partial charge in [0.25, 0.3) is 5.91 Å². The van der Waals surface area contributed by atoms with E-state index in [0.29, 0.717) is 18.2 Å². The molecule has 0 radical (unpaired) electrons. The van der Waals surface area contributed by atoms with Gasteiger partial charge >= 0.3 is 0 Å². The van der Waals surface area contributed by atoms with E-state index in [-0.39, 0.29) is 24.4 Å². The van der Waals surface area contributed by atoms with Crippen LogP contribution in [-0.2, 0) is 7.05 Å². The van der Waals surface area contributed by atoms with Gasteiger partial charge in [0.05, 0.1) is 5.69 Å². The second kappa shape index (κ2) is 8.13. The van der Waals surface area contributed by atoms with E-state index in [1.54, 1.807) is 17.8 Å². The third-order valence-corrected chi connectivity index (χ3v) is 3.75. The number of nitrogens with one attached hydrogen (secondary N) is 1. The normalized spacial score (nSPS) is 11.9. The molecule has 0 spiro atoms. The summed E-state index contributed by atoms with van der Waals surface area (Å²) in [5.41, 5.74) is 9.82. The van der Waals surface area contributed by atoms with E-state index in [9.17, 15) is 4.79 Å². The van der Waals surface area contributed by atoms with Crippen molar-refractivity contribution in [3.8, 4) is 0 Å². The number of nitrogens with two attached hydrogens (primary N) is 1. The van der Waals surface area contributed by atoms with Gasteiger partial charge in [0.1, 0.15) is 5.69 Å². The van der Waals surface area contributed by atoms with Crippen LogP contribution in [-0.4, -0.2) is 22.2 Å². The van der Waals surface area contributed by atoms with E-state index in [2.05, 4.69) is 36.4 Å². The number of rotatable bonds is 5. The number of amides is 1. The van der Waals surface area contributed by atoms with Gasteiger partial charge in [-0.15, -0.1) is 12.4 Å². The molecule has 1 aromatic carbocycles. The van der Waals surface area contributed by atoms with Crippen LogP contribution in [0.25, 0.3) is 0 Å². The van der Waals surface area contributed by atoms with E-state index in [1.165, 1.54) is 5.56 Å². The summed E-state index contributed by atoms with van der Waals surface area (Å²) in [5, 5.41) is 7.03. The van der Waals surface area contributed by atoms with Gasteiger partial charge < -0.3 is 11.1 Å². The van der Waals surface area contributed by atoms with Gasteiger partial charge in [-0.3, -0.25) is 9.48 Å². The Bertz CT molecular complexity index is 649. The van der Waals surface area contributed by atoms with Crippen molar-refractivity contribution in [3.05, 3.63) is 52.8 Å². The first kappa shape index (κ1) is 19.2. The minimum Gasteiger partial charge on any atom is -0.349 e. The summed E-state index contributed by atoms with van der Waals surface area (Å²) in [5.74, 6) is 0.343. The second-order valence-electron chi connectivity index (χ2n) is 5.93. The molecule has 0 aliphatic heterocycles. The Morgan fingerprint density at radius 1 is 1.26 bits per heavy atom. The number of carbonyl (C=O) groups excluding carboxylic acids is 1. The highest BCUT2D eigenvalue weighted by Gasteiger charge is 2.13. The van der Waals surface area contributed by atoms with Crippen molar-refractivity contribution in [2.24, 2.45) is 12.8 Å². The van der Waals surface area contributed by atoms with Crippen molar-refractivity contribution < 1.29 is 4.79 Å². The van der Waals surface area contributed by atoms with E-state index < -0.39 is 0 Å². The molecule has 0 fully saturated rings. The van der Waals surface area contributed by atoms with Gasteiger partial charge in [0.2, 0.25) is 0 Å². The monoisotopic (exact) mass is 336 g/mol. The summed E-state index contributed by atoms with van der Waals surface area (Å²) in [4.78, 5) is 12.1. The molecule has 23 heavy (non-hydrogen) atoms. The molecular weight excluding hydrogens is 312 g/mol. The average molecular weight is 337 g/mol. The Kier molecular flexibility index (Phi) is 6.79. The van der Waals surface area contributed by atoms with Crippen molar-refractivity contribution in [1.82, 2.24) is 15.1 Å². The quantitative estimate of drug-likeness (QED) is 0.881. The fourth-order valence-electron chi connectivity index (χ4n) is 2.36. The molecule has 0 bridgehead atoms. The lowest BCUT2D eigenvalue weighted by molar-refractivity contribution is 0.0942. The van der Waals surface area contributed by atoms with E-state index >= 15 is 0 Å². The lowest BCUT2D eigenvalue weighted by Crippen LogP contribution is -2.33. The molecule has 5 nitrogen and oxygen atoms in total. The Labute approximate surface area is 143 Å². The number of aromatic nitrogens is 2. The van der Waals surface area contributed by atoms with Gasteiger partial charge in [0, 0.05) is 19.6 Å². The van der Waals surface area contributed by atoms with Crippen molar-refractivity contribution in [3.63, 3.8) is 0 Å². The number of hydrogen-bond donors (Lipinski definition) is 2. The Hall–Kier alpha value is -1.85. The number of nitrogens with zero attached hydrogens (tertiary/aromatic N) is 2. The first-order valence-electron chi connectivity index (χ1n) is 7.52. The van der Waals surface area contributed by atoms with Crippen LogP contribution >= 0.6 is 12.4 Å². The van der Waals surface area contributed by atoms with Gasteiger partial charge in [-0.25, -0.2) is 0 Å². The third kappa shape index (κ3) is 4.81. The SMILES string of the molecule is Cc1cc(C(=O)NCC(N)c2ccc(C(C)C)cc2)n(C)n1.Cl. The van der Waals surface area contributed by atoms with Crippen LogP contribution in [0.2, 0.25) is 0 Å². The fourth-order valence-corrected chi connectivity index (χ4v) is 2.36. The van der Waals surface area contributed by atoms with Gasteiger partial charge in [-0.1, -0.05) is 38.1 Å². The molecule has 1 heterocycles. The number of aryl methyl sites for hydroxylation is 2. The zero-order chi connectivity index (χ0) is 16.3. The summed E-state index contributed by atoms with van der Waals surface area (Å²) in [6.07, 6.45) is 0. The molecule has 126 valence electrons. The number of hydrogen-bond acceptors (Lipinski definition) is 3. The molecule has 6 heteroatoms. The maximum Gasteiger partial charge on any atom is 0.269 e. The topological polar surface area (TPSA) is 72.9 Å². The molecule has 0 saturated heterocycles. The summed E-state index contributed by atoms with van der Waals surface area (Å²) < 4.78 is 1.58. The molecule has 0 saturated carbocycles. The first-order chi connectivity index (χ1) is 10.4. The predicted molar refractivity (Wildman–Crippen MR) is 95.0 cm³/mol. The molecule has 1 atom stereocenters. The van der Waals surface area contributed by atoms with Crippen molar-refractivity contribution >= 4 is 18.3 Å². The third-order valence-electron chi connectivity index (χ3n) is 3.75. The van der Waals surface area contributed by atoms with E-state index in [0.717, 1.165) is 11.3 Å². The summed E-state index contributed by atoms with van der Waals surface area (Å²) in [6, 6.07) is 9.77. The van der Waals surface area contributed by atoms with E-state index in [4.69, 9.17) is 5.73 Å². The number of carbonyl (C=O) groups is 1. The van der Waals surface area contributed by atoms with Crippen LogP contribution < -0.4 is 11.1 Å². The highest BCUT2D eigenvalue weighted by molar-refractivity contribution is 5.92. The highest BCUT2D eigenvalue weighted by atomic mass is 35.5. The Morgan fingerprint density at radius 2 is 1.83 bits per heavy atom. The zero-order valence-corrected chi connectivity index (χ0v) is 14.9. The standard InChI is InChI=1S/C17H24N4O.ClH/c1-11(2)13-5-7-14(8-6-13)15(18)10-19-17(22)16-9-12(3)20-21(16)4;/h5-9,11,15H,10,18H2,1-4H3,(H,19,22);1H. The van der Waals surface area contributed by atoms with Gasteiger partial charge in [0.15, 0.2) is 0 Å². The van der Waals surface area contributed by atoms with Crippen molar-refractivity contribution in [2.45, 2.75) is 32.7 Å². The first-order valence-corrected chi connectivity index (χ1v) is 7.52. The van der Waals surface area contributed by atoms with Crippen LogP contribution in [0.1, 0.15) is 53.1 Å². The highest BCUT2D eigenvalue weighted by Crippen LogP contribution is 2.17. The van der Waals surface area contributed by atoms with Gasteiger partial charge in [-0.2, -0.15) is 5.10 Å². The Balaban J connectivity index is 0.00000264. The van der Waals surface area contributed by atoms with Crippen LogP contribution in [0.5, 0.6) is 0 Å². The second-order valence-corrected chi connectivity index (χ2v) is 5.93. The van der Waals surface area contributed by atoms with Crippen LogP contribution in [0.3, 0.4) is 0 Å². The van der Waals surface area contributed by atoms with Crippen LogP contribution in [0.4, 0.5) is 0 Å². The molecule has 2 rings (SSSR count). The maximum absolute atomic E-state index is 12.1. The fraction of sp³-hybridized carbons (Fsp3) is 0.412. The molecule has 1 unspecified atom stereocenters. The van der Waals surface area contributed by atoms with Gasteiger partial charge in [-0.05, 0) is 30.0 Å². The molecule has 1 aromatic heterocycles. The lowest BCUT2D eigenvalue weighted by atomic mass is 9.99. The Morgan fingerprint density at radius 3 is 2.30 bits per heavy atom. The minimum atomic E-state index is -0.223. The summed E-state index contributed by atoms with van der Waals surface area (Å²) in [6.45, 7) is 6.57. The van der Waals surface area contributed by atoms with Crippen LogP contribution in [0.15, 0.2) is 30.3 Å². The minimum absolute atomic E-state index is 0. The maximum atomic E-state index is 12.1. The average Bonchev–Trinajstić information content (AvgIpc) is 2.83. The smallest absolute Gasteiger partial charge is 0.269 e. The number of benzene rings is 1. The van der Waals surface area contributed by atoms with Crippen molar-refractivity contribution in [2.75, 3.05) is 6.54 Å². The predicted octanol–water partition coefficient (Wildman–Crippen LogP) is 2.70. The molecule has 1 amide bonds. The molecule has 2 aromatic rings. The number of halogens is 1. The largest absolute Gasteiger partial charge is 0.349 e. The summed E-state index contributed by atoms with van der Waals surface area (Å²) >= 11 is 0. The molecule has 0 aliphatic rings. The zero-order valence-electron chi connectivity index (χ0n) is 14.0. The van der Waals surface area contributed by atoms with Crippen molar-refractivity contribution in [1.29, 1.82) is 0 Å². The van der Waals surface area contributed by atoms with Crippen LogP contribution in [0, 0.1) is 6.92 Å².